The predicted octanol–water partition coefficient (Wildman–Crippen LogP) is 3.38. The maximum absolute atomic E-state index is 11.1. The molecule has 1 N–H and O–H groups in total. The Morgan fingerprint density at radius 3 is 2.82 bits per heavy atom. The topological polar surface area (TPSA) is 63.1 Å². The van der Waals surface area contributed by atoms with Crippen LogP contribution in [-0.2, 0) is 12.8 Å². The van der Waals surface area contributed by atoms with Crippen molar-refractivity contribution in [3.8, 4) is 0 Å². The van der Waals surface area contributed by atoms with Crippen molar-refractivity contribution in [2.45, 2.75) is 37.9 Å². The van der Waals surface area contributed by atoms with Crippen LogP contribution in [0, 0.1) is 6.92 Å². The quantitative estimate of drug-likeness (QED) is 0.853. The van der Waals surface area contributed by atoms with Crippen LogP contribution >= 0.6 is 12.6 Å². The third-order valence-electron chi connectivity index (χ3n) is 4.10. The molecule has 0 aliphatic heterocycles. The van der Waals surface area contributed by atoms with E-state index in [-0.39, 0.29) is 10.8 Å². The van der Waals surface area contributed by atoms with Crippen LogP contribution in [0.5, 0.6) is 0 Å². The van der Waals surface area contributed by atoms with Gasteiger partial charge in [-0.25, -0.2) is 14.8 Å². The fourth-order valence-corrected chi connectivity index (χ4v) is 3.19. The van der Waals surface area contributed by atoms with Crippen molar-refractivity contribution in [1.82, 2.24) is 9.97 Å². The van der Waals surface area contributed by atoms with Crippen molar-refractivity contribution in [2.24, 2.45) is 0 Å². The molecule has 5 heteroatoms. The van der Waals surface area contributed by atoms with Crippen LogP contribution in [0.15, 0.2) is 24.3 Å². The Morgan fingerprint density at radius 1 is 1.27 bits per heavy atom. The summed E-state index contributed by atoms with van der Waals surface area (Å²) in [5.74, 6) is -0.283. The number of benzene rings is 1. The minimum atomic E-state index is -0.940. The van der Waals surface area contributed by atoms with Gasteiger partial charge in [-0.15, -0.1) is 0 Å². The number of aromatic nitrogens is 2. The summed E-state index contributed by atoms with van der Waals surface area (Å²) in [6.07, 6.45) is 4.39. The number of rotatable bonds is 3. The second-order valence-corrected chi connectivity index (χ2v) is 6.15. The molecule has 0 spiro atoms. The Morgan fingerprint density at radius 2 is 2.05 bits per heavy atom. The average Bonchev–Trinajstić information content (AvgIpc) is 2.54. The summed E-state index contributed by atoms with van der Waals surface area (Å²) in [4.78, 5) is 20.4. The summed E-state index contributed by atoms with van der Waals surface area (Å²) in [5, 5.41) is 8.79. The Kier molecular flexibility index (Phi) is 4.16. The van der Waals surface area contributed by atoms with E-state index in [0.29, 0.717) is 5.82 Å². The van der Waals surface area contributed by atoms with Crippen molar-refractivity contribution in [1.29, 1.82) is 0 Å². The van der Waals surface area contributed by atoms with Crippen LogP contribution < -0.4 is 0 Å². The van der Waals surface area contributed by atoms with Gasteiger partial charge >= 0.3 is 5.97 Å². The van der Waals surface area contributed by atoms with Gasteiger partial charge in [0.25, 0.3) is 0 Å². The van der Waals surface area contributed by atoms with Gasteiger partial charge in [0.1, 0.15) is 5.82 Å². The number of aromatic carboxylic acids is 1. The lowest BCUT2D eigenvalue weighted by Gasteiger charge is -2.19. The predicted molar refractivity (Wildman–Crippen MR) is 87.6 cm³/mol. The lowest BCUT2D eigenvalue weighted by molar-refractivity contribution is 0.0696. The van der Waals surface area contributed by atoms with Crippen molar-refractivity contribution in [2.75, 3.05) is 0 Å². The van der Waals surface area contributed by atoms with E-state index < -0.39 is 5.97 Å². The van der Waals surface area contributed by atoms with E-state index in [1.165, 1.54) is 12.0 Å². The van der Waals surface area contributed by atoms with Crippen LogP contribution in [-0.4, -0.2) is 21.0 Å². The fraction of sp³-hybridized carbons (Fsp3) is 0.353. The molecule has 1 aromatic heterocycles. The highest BCUT2D eigenvalue weighted by molar-refractivity contribution is 7.80. The summed E-state index contributed by atoms with van der Waals surface area (Å²) in [6, 6.07) is 6.80. The minimum absolute atomic E-state index is 0.256. The molecule has 3 rings (SSSR count). The molecule has 1 atom stereocenters. The van der Waals surface area contributed by atoms with Gasteiger partial charge in [0, 0.05) is 11.4 Å². The first kappa shape index (κ1) is 15.0. The maximum Gasteiger partial charge on any atom is 0.335 e. The highest BCUT2D eigenvalue weighted by Gasteiger charge is 2.20. The summed E-state index contributed by atoms with van der Waals surface area (Å²) < 4.78 is 0. The van der Waals surface area contributed by atoms with Crippen LogP contribution in [0.4, 0.5) is 0 Å². The molecule has 1 unspecified atom stereocenters. The van der Waals surface area contributed by atoms with Crippen LogP contribution in [0.3, 0.4) is 0 Å². The zero-order chi connectivity index (χ0) is 15.7. The van der Waals surface area contributed by atoms with E-state index in [2.05, 4.69) is 17.6 Å². The number of carboxylic acids is 1. The fourth-order valence-electron chi connectivity index (χ4n) is 2.92. The van der Waals surface area contributed by atoms with E-state index in [1.54, 1.807) is 18.2 Å². The molecule has 0 bridgehead atoms. The molecule has 1 aliphatic carbocycles. The SMILES string of the molecule is Cc1nc(C(S)c2cccc(C(=O)O)c2)nc2c1CCCC2. The number of nitrogens with zero attached hydrogens (tertiary/aromatic N) is 2. The molecular formula is C17H18N2O2S. The van der Waals surface area contributed by atoms with Gasteiger partial charge in [0.05, 0.1) is 10.8 Å². The van der Waals surface area contributed by atoms with Crippen molar-refractivity contribution in [3.63, 3.8) is 0 Å². The number of hydrogen-bond donors (Lipinski definition) is 2. The molecule has 1 heterocycles. The second kappa shape index (κ2) is 6.08. The summed E-state index contributed by atoms with van der Waals surface area (Å²) in [5.41, 5.74) is 4.48. The smallest absolute Gasteiger partial charge is 0.335 e. The van der Waals surface area contributed by atoms with Gasteiger partial charge in [0.2, 0.25) is 0 Å². The number of hydrogen-bond acceptors (Lipinski definition) is 4. The highest BCUT2D eigenvalue weighted by Crippen LogP contribution is 2.29. The van der Waals surface area contributed by atoms with Crippen molar-refractivity contribution < 1.29 is 9.90 Å². The molecule has 22 heavy (non-hydrogen) atoms. The molecule has 114 valence electrons. The Labute approximate surface area is 135 Å². The minimum Gasteiger partial charge on any atom is -0.478 e. The van der Waals surface area contributed by atoms with Gasteiger partial charge in [-0.3, -0.25) is 0 Å². The molecule has 1 aliphatic rings. The molecule has 2 aromatic rings. The van der Waals surface area contributed by atoms with Gasteiger partial charge in [0.15, 0.2) is 0 Å². The number of thiol groups is 1. The molecular weight excluding hydrogens is 296 g/mol. The molecule has 1 aromatic carbocycles. The Balaban J connectivity index is 1.98. The number of carboxylic acid groups (broad SMARTS) is 1. The maximum atomic E-state index is 11.1. The largest absolute Gasteiger partial charge is 0.478 e. The zero-order valence-electron chi connectivity index (χ0n) is 12.4. The van der Waals surface area contributed by atoms with Gasteiger partial charge in [-0.05, 0) is 55.9 Å². The highest BCUT2D eigenvalue weighted by atomic mass is 32.1. The third kappa shape index (κ3) is 2.86. The molecule has 0 fully saturated rings. The molecule has 0 saturated carbocycles. The molecule has 0 saturated heterocycles. The second-order valence-electron chi connectivity index (χ2n) is 5.63. The van der Waals surface area contributed by atoms with Gasteiger partial charge in [-0.2, -0.15) is 12.6 Å². The average molecular weight is 314 g/mol. The van der Waals surface area contributed by atoms with Gasteiger partial charge in [-0.1, -0.05) is 12.1 Å². The van der Waals surface area contributed by atoms with Gasteiger partial charge < -0.3 is 5.11 Å². The number of fused-ring (bicyclic) bond motifs is 1. The monoisotopic (exact) mass is 314 g/mol. The third-order valence-corrected chi connectivity index (χ3v) is 4.63. The first-order chi connectivity index (χ1) is 10.6. The first-order valence-corrected chi connectivity index (χ1v) is 7.95. The van der Waals surface area contributed by atoms with E-state index in [0.717, 1.165) is 36.2 Å². The summed E-state index contributed by atoms with van der Waals surface area (Å²) >= 11 is 4.62. The first-order valence-electron chi connectivity index (χ1n) is 7.44. The van der Waals surface area contributed by atoms with Crippen LogP contribution in [0.2, 0.25) is 0 Å². The van der Waals surface area contributed by atoms with Crippen molar-refractivity contribution in [3.05, 3.63) is 58.2 Å². The Bertz CT molecular complexity index is 731. The van der Waals surface area contributed by atoms with E-state index in [9.17, 15) is 4.79 Å². The van der Waals surface area contributed by atoms with E-state index in [4.69, 9.17) is 10.1 Å². The molecule has 0 amide bonds. The standard InChI is InChI=1S/C17H18N2O2S/c1-10-13-7-2-3-8-14(13)19-16(18-10)15(22)11-5-4-6-12(9-11)17(20)21/h4-6,9,15,22H,2-3,7-8H2,1H3,(H,20,21). The summed E-state index contributed by atoms with van der Waals surface area (Å²) in [6.45, 7) is 2.02. The number of carbonyl (C=O) groups is 1. The lowest BCUT2D eigenvalue weighted by atomic mass is 9.94. The molecule has 0 radical (unpaired) electrons. The van der Waals surface area contributed by atoms with E-state index in [1.807, 2.05) is 13.0 Å². The van der Waals surface area contributed by atoms with Crippen molar-refractivity contribution >= 4 is 18.6 Å². The lowest BCUT2D eigenvalue weighted by Crippen LogP contribution is -2.13. The summed E-state index contributed by atoms with van der Waals surface area (Å²) in [7, 11) is 0. The van der Waals surface area contributed by atoms with Crippen LogP contribution in [0.25, 0.3) is 0 Å². The molecule has 4 nitrogen and oxygen atoms in total. The zero-order valence-corrected chi connectivity index (χ0v) is 13.3. The number of aryl methyl sites for hydroxylation is 2. The normalized spacial score (nSPS) is 15.2. The van der Waals surface area contributed by atoms with Crippen LogP contribution in [0.1, 0.15) is 56.8 Å². The van der Waals surface area contributed by atoms with E-state index >= 15 is 0 Å². The Hall–Kier alpha value is -1.88.